The lowest BCUT2D eigenvalue weighted by Gasteiger charge is -2.33. The van der Waals surface area contributed by atoms with Crippen LogP contribution < -0.4 is 5.32 Å². The van der Waals surface area contributed by atoms with Crippen molar-refractivity contribution in [2.75, 3.05) is 91.2 Å². The summed E-state index contributed by atoms with van der Waals surface area (Å²) >= 11 is 9.73. The molecule has 14 rings (SSSR count). The van der Waals surface area contributed by atoms with Gasteiger partial charge in [0.25, 0.3) is 0 Å². The number of benzene rings is 2. The molecule has 0 unspecified atom stereocenters. The fourth-order valence-corrected chi connectivity index (χ4v) is 19.5. The summed E-state index contributed by atoms with van der Waals surface area (Å²) in [5, 5.41) is 5.86. The van der Waals surface area contributed by atoms with E-state index in [0.29, 0.717) is 92.4 Å². The number of morpholine rings is 2. The third-order valence-electron chi connectivity index (χ3n) is 22.3. The topological polar surface area (TPSA) is 147 Å². The summed E-state index contributed by atoms with van der Waals surface area (Å²) in [7, 11) is 0. The molecular formula is C76H106Cl2N8O6S2. The maximum atomic E-state index is 14.0. The second kappa shape index (κ2) is 31.0. The minimum Gasteiger partial charge on any atom is -0.378 e. The number of hydrogen-bond donors (Lipinski definition) is 3. The summed E-state index contributed by atoms with van der Waals surface area (Å²) in [5.41, 5.74) is 11.6. The highest BCUT2D eigenvalue weighted by Gasteiger charge is 2.49. The fourth-order valence-electron chi connectivity index (χ4n) is 16.9. The number of ether oxygens (including phenoxy) is 2. The van der Waals surface area contributed by atoms with Crippen LogP contribution in [-0.2, 0) is 52.3 Å². The first-order chi connectivity index (χ1) is 44.8. The van der Waals surface area contributed by atoms with Gasteiger partial charge in [-0.25, -0.2) is 0 Å². The zero-order valence-electron chi connectivity index (χ0n) is 57.5. The number of alkyl halides is 1. The first-order valence-corrected chi connectivity index (χ1v) is 37.8. The molecule has 18 heteroatoms. The third kappa shape index (κ3) is 15.7. The van der Waals surface area contributed by atoms with Crippen molar-refractivity contribution >= 4 is 90.7 Å². The van der Waals surface area contributed by atoms with Crippen LogP contribution in [0.3, 0.4) is 0 Å². The molecule has 14 nitrogen and oxygen atoms in total. The molecule has 6 aromatic rings. The van der Waals surface area contributed by atoms with Gasteiger partial charge >= 0.3 is 0 Å². The molecule has 0 spiro atoms. The molecule has 3 N–H and O–H groups in total. The van der Waals surface area contributed by atoms with Gasteiger partial charge in [0.2, 0.25) is 23.6 Å². The van der Waals surface area contributed by atoms with Gasteiger partial charge in [-0.3, -0.25) is 19.2 Å². The maximum absolute atomic E-state index is 14.0. The summed E-state index contributed by atoms with van der Waals surface area (Å²) < 4.78 is 10.7. The minimum absolute atomic E-state index is 0. The van der Waals surface area contributed by atoms with Crippen LogP contribution >= 0.6 is 46.7 Å². The number of nitrogens with one attached hydrogen (secondary N) is 3. The lowest BCUT2D eigenvalue weighted by atomic mass is 9.88. The van der Waals surface area contributed by atoms with E-state index in [1.54, 1.807) is 22.7 Å². The van der Waals surface area contributed by atoms with Crippen LogP contribution in [0.4, 0.5) is 0 Å². The Balaban J connectivity index is 0.000000161. The highest BCUT2D eigenvalue weighted by atomic mass is 35.5. The number of amides is 4. The standard InChI is InChI=1S/C38H52N4O3S.C26H31ClN2OS.C12H22N2O2.ClH/c1-25-21-26(2)23-28(22-25)35-31(13-16-40-14-11-27(12-15-40)5-10-34(43)41-17-19-45-20-18-41)32-24-33(46-36(32)39-35)38(3,4)37(44)42-29-6-7-30(42)9-8-29;1-15-11-16(2)13-17(12-15)23-20(9-10-27)21-14-22(31-24(21)28-23)26(3,4)25(30)29-18-5-6-19(29)8-7-18;15-12(14-7-9-16-10-8-14)2-1-11-3-5-13-6-4-11;/h21-24,27,29-30,39H,5-20H2,1-4H3;11-14,18-19,28H,5-10H2,1-4H3;11,13H,1-10H2;1H. The zero-order chi connectivity index (χ0) is 65.1. The van der Waals surface area contributed by atoms with E-state index in [2.05, 4.69) is 134 Å². The Labute approximate surface area is 578 Å². The van der Waals surface area contributed by atoms with Gasteiger partial charge in [-0.15, -0.1) is 46.7 Å². The Bertz CT molecular complexity index is 3520. The smallest absolute Gasteiger partial charge is 0.233 e. The first-order valence-electron chi connectivity index (χ1n) is 35.7. The van der Waals surface area contributed by atoms with Gasteiger partial charge in [0.1, 0.15) is 9.66 Å². The number of carbonyl (C=O) groups is 4. The Morgan fingerprint density at radius 3 is 1.27 bits per heavy atom. The summed E-state index contributed by atoms with van der Waals surface area (Å²) in [6.07, 6.45) is 19.4. The second-order valence-corrected chi connectivity index (χ2v) is 32.2. The predicted molar refractivity (Wildman–Crippen MR) is 387 cm³/mol. The number of piperidine rings is 2. The number of aromatic amines is 2. The maximum Gasteiger partial charge on any atom is 0.233 e. The molecule has 4 amide bonds. The Hall–Kier alpha value is -4.78. The molecule has 0 aliphatic carbocycles. The number of carbonyl (C=O) groups excluding carboxylic acids is 4. The van der Waals surface area contributed by atoms with Crippen molar-refractivity contribution in [3.63, 3.8) is 0 Å². The summed E-state index contributed by atoms with van der Waals surface area (Å²) in [4.78, 5) is 75.4. The summed E-state index contributed by atoms with van der Waals surface area (Å²) in [5.74, 6) is 3.20. The number of H-pyrrole nitrogens is 2. The number of rotatable bonds is 17. The highest BCUT2D eigenvalue weighted by molar-refractivity contribution is 7.19. The van der Waals surface area contributed by atoms with Crippen molar-refractivity contribution in [3.05, 3.63) is 91.7 Å². The summed E-state index contributed by atoms with van der Waals surface area (Å²) in [6.45, 7) is 28.4. The van der Waals surface area contributed by atoms with Gasteiger partial charge in [0.05, 0.1) is 48.6 Å². The van der Waals surface area contributed by atoms with Gasteiger partial charge < -0.3 is 49.3 Å². The second-order valence-electron chi connectivity index (χ2n) is 29.7. The molecule has 4 bridgehead atoms. The van der Waals surface area contributed by atoms with E-state index in [-0.39, 0.29) is 12.4 Å². The molecule has 8 aliphatic rings. The SMILES string of the molecule is Cc1cc(C)cc(-c2[nH]c3sc(C(C)(C)C(=O)N4C5CCC4CC5)cc3c2CCCl)c1.Cc1cc(C)cc(-c2[nH]c3sc(C(C)(C)C(=O)N4C5CCC4CC5)cc3c2CCN2CCC(CCC(=O)N3CCOCC3)CC2)c1.Cl.O=C(CCC1CCNCC1)N1CCOCC1. The monoisotopic (exact) mass is 1360 g/mol. The van der Waals surface area contributed by atoms with E-state index in [1.165, 1.54) is 153 Å². The van der Waals surface area contributed by atoms with E-state index in [1.807, 2.05) is 9.80 Å². The van der Waals surface area contributed by atoms with E-state index in [9.17, 15) is 19.2 Å². The molecule has 2 aromatic carbocycles. The molecule has 8 aliphatic heterocycles. The van der Waals surface area contributed by atoms with Crippen molar-refractivity contribution in [2.45, 2.75) is 206 Å². The normalized spacial score (nSPS) is 22.0. The van der Waals surface area contributed by atoms with Crippen molar-refractivity contribution in [1.29, 1.82) is 0 Å². The Morgan fingerprint density at radius 1 is 0.511 bits per heavy atom. The van der Waals surface area contributed by atoms with Gasteiger partial charge in [-0.2, -0.15) is 0 Å². The molecule has 8 saturated heterocycles. The molecule has 512 valence electrons. The molecule has 0 radical (unpaired) electrons. The average molecular weight is 1360 g/mol. The van der Waals surface area contributed by atoms with E-state index < -0.39 is 10.8 Å². The molecule has 4 aromatic heterocycles. The van der Waals surface area contributed by atoms with E-state index >= 15 is 0 Å². The average Bonchev–Trinajstić information content (AvgIpc) is 1.60. The number of halogens is 2. The minimum atomic E-state index is -0.530. The van der Waals surface area contributed by atoms with E-state index in [0.717, 1.165) is 107 Å². The number of aromatic nitrogens is 2. The fraction of sp³-hybridized carbons (Fsp3) is 0.632. The van der Waals surface area contributed by atoms with E-state index in [4.69, 9.17) is 21.1 Å². The van der Waals surface area contributed by atoms with Crippen LogP contribution in [0, 0.1) is 39.5 Å². The highest BCUT2D eigenvalue weighted by Crippen LogP contribution is 2.47. The number of fused-ring (bicyclic) bond motifs is 6. The van der Waals surface area contributed by atoms with Gasteiger partial charge in [0, 0.05) is 96.1 Å². The van der Waals surface area contributed by atoms with Crippen LogP contribution in [0.1, 0.15) is 174 Å². The van der Waals surface area contributed by atoms with Crippen molar-refractivity contribution < 1.29 is 28.7 Å². The number of likely N-dealkylation sites (tertiary alicyclic amines) is 1. The molecule has 0 atom stereocenters. The molecule has 8 fully saturated rings. The Kier molecular flexibility index (Phi) is 23.2. The molecule has 94 heavy (non-hydrogen) atoms. The quantitative estimate of drug-likeness (QED) is 0.0765. The number of nitrogens with zero attached hydrogens (tertiary/aromatic N) is 5. The number of aryl methyl sites for hydroxylation is 5. The van der Waals surface area contributed by atoms with Crippen molar-refractivity contribution in [1.82, 2.24) is 39.8 Å². The summed E-state index contributed by atoms with van der Waals surface area (Å²) in [6, 6.07) is 19.9. The van der Waals surface area contributed by atoms with Crippen molar-refractivity contribution in [2.24, 2.45) is 11.8 Å². The molecular weight excluding hydrogens is 1260 g/mol. The van der Waals surface area contributed by atoms with Crippen molar-refractivity contribution in [3.8, 4) is 22.5 Å². The largest absolute Gasteiger partial charge is 0.378 e. The predicted octanol–water partition coefficient (Wildman–Crippen LogP) is 14.6. The van der Waals surface area contributed by atoms with Crippen LogP contribution in [0.25, 0.3) is 42.9 Å². The number of thiophene rings is 2. The van der Waals surface area contributed by atoms with Crippen LogP contribution in [0.15, 0.2) is 48.5 Å². The van der Waals surface area contributed by atoms with Gasteiger partial charge in [0.15, 0.2) is 0 Å². The Morgan fingerprint density at radius 2 is 0.883 bits per heavy atom. The first kappa shape index (κ1) is 70.5. The van der Waals surface area contributed by atoms with Crippen LogP contribution in [-0.4, -0.2) is 173 Å². The third-order valence-corrected chi connectivity index (χ3v) is 25.3. The van der Waals surface area contributed by atoms with Crippen LogP contribution in [0.5, 0.6) is 0 Å². The molecule has 0 saturated carbocycles. The van der Waals surface area contributed by atoms with Gasteiger partial charge in [-0.05, 0) is 255 Å². The lowest BCUT2D eigenvalue weighted by Crippen LogP contribution is -2.45. The lowest BCUT2D eigenvalue weighted by molar-refractivity contribution is -0.138. The molecule has 12 heterocycles. The van der Waals surface area contributed by atoms with Crippen LogP contribution in [0.2, 0.25) is 0 Å². The van der Waals surface area contributed by atoms with Gasteiger partial charge in [-0.1, -0.05) is 34.4 Å². The number of hydrogen-bond acceptors (Lipinski definition) is 10. The zero-order valence-corrected chi connectivity index (χ0v) is 60.7.